The van der Waals surface area contributed by atoms with Gasteiger partial charge >= 0.3 is 0 Å². The molecular formula is C14H16N2O. The largest absolute Gasteiger partial charge is 0.456 e. The van der Waals surface area contributed by atoms with Crippen LogP contribution in [0, 0.1) is 0 Å². The van der Waals surface area contributed by atoms with E-state index in [1.54, 1.807) is 18.5 Å². The molecule has 3 heteroatoms. The Labute approximate surface area is 101 Å². The van der Waals surface area contributed by atoms with Crippen molar-refractivity contribution in [3.05, 3.63) is 48.3 Å². The lowest BCUT2D eigenvalue weighted by molar-refractivity contribution is 0.479. The van der Waals surface area contributed by atoms with Crippen molar-refractivity contribution in [2.45, 2.75) is 19.8 Å². The van der Waals surface area contributed by atoms with Gasteiger partial charge < -0.3 is 10.5 Å². The highest BCUT2D eigenvalue weighted by Gasteiger charge is 2.02. The van der Waals surface area contributed by atoms with Gasteiger partial charge in [0.05, 0.1) is 18.1 Å². The monoisotopic (exact) mass is 228 g/mol. The smallest absolute Gasteiger partial charge is 0.147 e. The number of aromatic nitrogens is 1. The maximum Gasteiger partial charge on any atom is 0.147 e. The fourth-order valence-corrected chi connectivity index (χ4v) is 1.56. The average Bonchev–Trinajstić information content (AvgIpc) is 2.29. The third-order valence-corrected chi connectivity index (χ3v) is 2.49. The van der Waals surface area contributed by atoms with Gasteiger partial charge in [-0.2, -0.15) is 0 Å². The quantitative estimate of drug-likeness (QED) is 0.873. The Hall–Kier alpha value is -2.03. The number of benzene rings is 1. The maximum absolute atomic E-state index is 5.71. The molecule has 1 aromatic heterocycles. The van der Waals surface area contributed by atoms with Crippen molar-refractivity contribution in [1.29, 1.82) is 0 Å². The summed E-state index contributed by atoms with van der Waals surface area (Å²) in [4.78, 5) is 3.99. The van der Waals surface area contributed by atoms with Gasteiger partial charge in [-0.05, 0) is 23.6 Å². The van der Waals surface area contributed by atoms with Crippen LogP contribution in [0.5, 0.6) is 11.5 Å². The van der Waals surface area contributed by atoms with E-state index in [1.165, 1.54) is 5.56 Å². The van der Waals surface area contributed by atoms with Crippen LogP contribution < -0.4 is 10.5 Å². The van der Waals surface area contributed by atoms with Gasteiger partial charge in [-0.25, -0.2) is 0 Å². The molecule has 88 valence electrons. The number of nitrogen functional groups attached to an aromatic ring is 1. The van der Waals surface area contributed by atoms with Gasteiger partial charge in [0.1, 0.15) is 11.5 Å². The second kappa shape index (κ2) is 4.87. The van der Waals surface area contributed by atoms with E-state index in [1.807, 2.05) is 18.2 Å². The minimum Gasteiger partial charge on any atom is -0.456 e. The Balaban J connectivity index is 2.21. The highest BCUT2D eigenvalue weighted by atomic mass is 16.5. The fraction of sp³-hybridized carbons (Fsp3) is 0.214. The molecule has 0 radical (unpaired) electrons. The molecule has 2 N–H and O–H groups in total. The lowest BCUT2D eigenvalue weighted by atomic mass is 10.0. The summed E-state index contributed by atoms with van der Waals surface area (Å²) < 4.78 is 5.71. The van der Waals surface area contributed by atoms with Gasteiger partial charge in [0, 0.05) is 6.07 Å². The molecule has 0 saturated heterocycles. The minimum atomic E-state index is 0.484. The van der Waals surface area contributed by atoms with E-state index in [9.17, 15) is 0 Å². The number of nitrogens with two attached hydrogens (primary N) is 1. The van der Waals surface area contributed by atoms with Crippen LogP contribution in [-0.4, -0.2) is 4.98 Å². The number of pyridine rings is 1. The molecule has 0 atom stereocenters. The van der Waals surface area contributed by atoms with Crippen molar-refractivity contribution < 1.29 is 4.74 Å². The number of nitrogens with zero attached hydrogens (tertiary/aromatic N) is 1. The van der Waals surface area contributed by atoms with E-state index >= 15 is 0 Å². The summed E-state index contributed by atoms with van der Waals surface area (Å²) in [5, 5.41) is 0. The first kappa shape index (κ1) is 11.5. The first-order valence-corrected chi connectivity index (χ1v) is 5.63. The molecule has 1 heterocycles. The normalized spacial score (nSPS) is 10.5. The fourth-order valence-electron chi connectivity index (χ4n) is 1.56. The number of anilines is 1. The zero-order valence-electron chi connectivity index (χ0n) is 10.1. The third kappa shape index (κ3) is 2.97. The summed E-state index contributed by atoms with van der Waals surface area (Å²) in [6, 6.07) is 9.80. The molecule has 1 aromatic carbocycles. The van der Waals surface area contributed by atoms with Crippen LogP contribution in [-0.2, 0) is 0 Å². The summed E-state index contributed by atoms with van der Waals surface area (Å²) in [5.41, 5.74) is 7.50. The highest BCUT2D eigenvalue weighted by Crippen LogP contribution is 2.25. The Morgan fingerprint density at radius 2 is 1.94 bits per heavy atom. The molecule has 0 aliphatic carbocycles. The van der Waals surface area contributed by atoms with Crippen molar-refractivity contribution in [3.63, 3.8) is 0 Å². The second-order valence-corrected chi connectivity index (χ2v) is 4.28. The first-order chi connectivity index (χ1) is 8.15. The predicted molar refractivity (Wildman–Crippen MR) is 69.3 cm³/mol. The van der Waals surface area contributed by atoms with Gasteiger partial charge in [0.15, 0.2) is 0 Å². The lowest BCUT2D eigenvalue weighted by Crippen LogP contribution is -1.91. The second-order valence-electron chi connectivity index (χ2n) is 4.28. The van der Waals surface area contributed by atoms with E-state index < -0.39 is 0 Å². The van der Waals surface area contributed by atoms with E-state index in [2.05, 4.69) is 24.9 Å². The number of hydrogen-bond acceptors (Lipinski definition) is 3. The lowest BCUT2D eigenvalue weighted by Gasteiger charge is -2.09. The van der Waals surface area contributed by atoms with Crippen molar-refractivity contribution in [3.8, 4) is 11.5 Å². The molecule has 0 unspecified atom stereocenters. The molecule has 2 rings (SSSR count). The third-order valence-electron chi connectivity index (χ3n) is 2.49. The summed E-state index contributed by atoms with van der Waals surface area (Å²) in [5.74, 6) is 1.95. The Kier molecular flexibility index (Phi) is 3.28. The van der Waals surface area contributed by atoms with Crippen LogP contribution >= 0.6 is 0 Å². The molecular weight excluding hydrogens is 212 g/mol. The van der Waals surface area contributed by atoms with Gasteiger partial charge in [-0.1, -0.05) is 26.0 Å². The van der Waals surface area contributed by atoms with E-state index in [4.69, 9.17) is 10.5 Å². The minimum absolute atomic E-state index is 0.484. The number of ether oxygens (including phenoxy) is 1. The molecule has 3 nitrogen and oxygen atoms in total. The Bertz CT molecular complexity index is 509. The van der Waals surface area contributed by atoms with Crippen LogP contribution in [0.1, 0.15) is 25.3 Å². The molecule has 0 aliphatic rings. The molecule has 0 fully saturated rings. The van der Waals surface area contributed by atoms with E-state index in [-0.39, 0.29) is 0 Å². The van der Waals surface area contributed by atoms with Crippen LogP contribution in [0.4, 0.5) is 5.69 Å². The van der Waals surface area contributed by atoms with Gasteiger partial charge in [0.2, 0.25) is 0 Å². The summed E-state index contributed by atoms with van der Waals surface area (Å²) >= 11 is 0. The molecule has 17 heavy (non-hydrogen) atoms. The topological polar surface area (TPSA) is 48.1 Å². The molecule has 0 bridgehead atoms. The predicted octanol–water partition coefficient (Wildman–Crippen LogP) is 3.58. The summed E-state index contributed by atoms with van der Waals surface area (Å²) in [6.07, 6.45) is 3.25. The van der Waals surface area contributed by atoms with E-state index in [0.717, 1.165) is 5.75 Å². The summed E-state index contributed by atoms with van der Waals surface area (Å²) in [6.45, 7) is 4.31. The molecule has 0 spiro atoms. The standard InChI is InChI=1S/C14H16N2O/c1-10(2)11-4-3-5-13(6-11)17-14-7-12(15)8-16-9-14/h3-10H,15H2,1-2H3. The van der Waals surface area contributed by atoms with Crippen LogP contribution in [0.2, 0.25) is 0 Å². The van der Waals surface area contributed by atoms with Crippen molar-refractivity contribution in [1.82, 2.24) is 4.98 Å². The average molecular weight is 228 g/mol. The molecule has 0 aliphatic heterocycles. The molecule has 0 saturated carbocycles. The van der Waals surface area contributed by atoms with Crippen molar-refractivity contribution in [2.24, 2.45) is 0 Å². The van der Waals surface area contributed by atoms with Crippen molar-refractivity contribution >= 4 is 5.69 Å². The maximum atomic E-state index is 5.71. The Morgan fingerprint density at radius 3 is 2.65 bits per heavy atom. The SMILES string of the molecule is CC(C)c1cccc(Oc2cncc(N)c2)c1. The van der Waals surface area contributed by atoms with Crippen LogP contribution in [0.15, 0.2) is 42.7 Å². The molecule has 2 aromatic rings. The van der Waals surface area contributed by atoms with Crippen LogP contribution in [0.25, 0.3) is 0 Å². The van der Waals surface area contributed by atoms with Crippen LogP contribution in [0.3, 0.4) is 0 Å². The zero-order valence-corrected chi connectivity index (χ0v) is 10.1. The summed E-state index contributed by atoms with van der Waals surface area (Å²) in [7, 11) is 0. The number of rotatable bonds is 3. The Morgan fingerprint density at radius 1 is 1.12 bits per heavy atom. The first-order valence-electron chi connectivity index (χ1n) is 5.63. The van der Waals surface area contributed by atoms with Crippen molar-refractivity contribution in [2.75, 3.05) is 5.73 Å². The highest BCUT2D eigenvalue weighted by molar-refractivity contribution is 5.42. The number of hydrogen-bond donors (Lipinski definition) is 1. The zero-order chi connectivity index (χ0) is 12.3. The van der Waals surface area contributed by atoms with Gasteiger partial charge in [-0.3, -0.25) is 4.98 Å². The van der Waals surface area contributed by atoms with Gasteiger partial charge in [-0.15, -0.1) is 0 Å². The van der Waals surface area contributed by atoms with E-state index in [0.29, 0.717) is 17.4 Å². The molecule has 0 amide bonds. The van der Waals surface area contributed by atoms with Gasteiger partial charge in [0.25, 0.3) is 0 Å².